The van der Waals surface area contributed by atoms with Crippen molar-refractivity contribution in [2.75, 3.05) is 27.2 Å². The maximum Gasteiger partial charge on any atom is 0.132 e. The van der Waals surface area contributed by atoms with Gasteiger partial charge in [-0.3, -0.25) is 4.68 Å². The number of fused-ring (bicyclic) bond motifs is 1. The molecule has 0 unspecified atom stereocenters. The van der Waals surface area contributed by atoms with Crippen molar-refractivity contribution in [3.05, 3.63) is 16.4 Å². The number of hydrogen-bond donors (Lipinski definition) is 0. The maximum absolute atomic E-state index is 6.23. The summed E-state index contributed by atoms with van der Waals surface area (Å²) >= 11 is 6.23. The van der Waals surface area contributed by atoms with E-state index in [9.17, 15) is 0 Å². The SMILES string of the molecule is CN(C)CCn1nc2c(c1Cl)COCC2. The Morgan fingerprint density at radius 2 is 2.33 bits per heavy atom. The fourth-order valence-electron chi connectivity index (χ4n) is 1.65. The van der Waals surface area contributed by atoms with Gasteiger partial charge >= 0.3 is 0 Å². The largest absolute Gasteiger partial charge is 0.376 e. The molecule has 15 heavy (non-hydrogen) atoms. The van der Waals surface area contributed by atoms with E-state index in [1.165, 1.54) is 0 Å². The minimum absolute atomic E-state index is 0.607. The number of hydrogen-bond acceptors (Lipinski definition) is 3. The van der Waals surface area contributed by atoms with Crippen molar-refractivity contribution in [1.82, 2.24) is 14.7 Å². The molecule has 1 aromatic heterocycles. The van der Waals surface area contributed by atoms with Crippen LogP contribution in [0.3, 0.4) is 0 Å². The molecule has 0 radical (unpaired) electrons. The van der Waals surface area contributed by atoms with E-state index >= 15 is 0 Å². The first kappa shape index (κ1) is 10.9. The molecular weight excluding hydrogens is 214 g/mol. The fourth-order valence-corrected chi connectivity index (χ4v) is 1.94. The van der Waals surface area contributed by atoms with Crippen LogP contribution in [-0.2, 0) is 24.3 Å². The van der Waals surface area contributed by atoms with Crippen molar-refractivity contribution in [3.63, 3.8) is 0 Å². The summed E-state index contributed by atoms with van der Waals surface area (Å²) in [5.74, 6) is 0. The summed E-state index contributed by atoms with van der Waals surface area (Å²) in [5.41, 5.74) is 2.17. The Labute approximate surface area is 94.8 Å². The predicted octanol–water partition coefficient (Wildman–Crippen LogP) is 1.17. The Hall–Kier alpha value is -0.580. The highest BCUT2D eigenvalue weighted by Crippen LogP contribution is 2.24. The lowest BCUT2D eigenvalue weighted by atomic mass is 10.2. The molecule has 84 valence electrons. The third-order valence-corrected chi connectivity index (χ3v) is 2.98. The molecule has 5 heteroatoms. The minimum atomic E-state index is 0.607. The molecule has 2 heterocycles. The predicted molar refractivity (Wildman–Crippen MR) is 59.2 cm³/mol. The zero-order valence-corrected chi connectivity index (χ0v) is 9.92. The van der Waals surface area contributed by atoms with Gasteiger partial charge in [0, 0.05) is 18.5 Å². The molecule has 0 amide bonds. The standard InChI is InChI=1S/C10H16ClN3O/c1-13(2)4-5-14-10(11)8-7-15-6-3-9(8)12-14/h3-7H2,1-2H3. The quantitative estimate of drug-likeness (QED) is 0.780. The number of halogens is 1. The summed E-state index contributed by atoms with van der Waals surface area (Å²) in [6, 6.07) is 0. The van der Waals surface area contributed by atoms with Crippen LogP contribution < -0.4 is 0 Å². The van der Waals surface area contributed by atoms with E-state index in [4.69, 9.17) is 16.3 Å². The van der Waals surface area contributed by atoms with Crippen molar-refractivity contribution in [2.45, 2.75) is 19.6 Å². The summed E-state index contributed by atoms with van der Waals surface area (Å²) in [5, 5.41) is 5.24. The van der Waals surface area contributed by atoms with Crippen LogP contribution in [-0.4, -0.2) is 41.9 Å². The van der Waals surface area contributed by atoms with Gasteiger partial charge in [-0.15, -0.1) is 0 Å². The highest BCUT2D eigenvalue weighted by molar-refractivity contribution is 6.30. The van der Waals surface area contributed by atoms with E-state index in [1.807, 2.05) is 18.8 Å². The number of nitrogens with zero attached hydrogens (tertiary/aromatic N) is 3. The molecule has 0 N–H and O–H groups in total. The summed E-state index contributed by atoms with van der Waals surface area (Å²) in [4.78, 5) is 2.12. The van der Waals surface area contributed by atoms with Gasteiger partial charge in [-0.05, 0) is 14.1 Å². The van der Waals surface area contributed by atoms with E-state index in [-0.39, 0.29) is 0 Å². The number of rotatable bonds is 3. The number of ether oxygens (including phenoxy) is 1. The Balaban J connectivity index is 2.14. The van der Waals surface area contributed by atoms with Gasteiger partial charge in [0.05, 0.1) is 25.5 Å². The Morgan fingerprint density at radius 3 is 3.00 bits per heavy atom. The van der Waals surface area contributed by atoms with Crippen LogP contribution >= 0.6 is 11.6 Å². The fraction of sp³-hybridized carbons (Fsp3) is 0.700. The van der Waals surface area contributed by atoms with Gasteiger partial charge in [-0.1, -0.05) is 11.6 Å². The lowest BCUT2D eigenvalue weighted by Gasteiger charge is -2.10. The average molecular weight is 230 g/mol. The third-order valence-electron chi connectivity index (χ3n) is 2.55. The summed E-state index contributed by atoms with van der Waals surface area (Å²) in [6.07, 6.45) is 0.879. The van der Waals surface area contributed by atoms with Gasteiger partial charge in [0.15, 0.2) is 0 Å². The van der Waals surface area contributed by atoms with Crippen LogP contribution in [0.2, 0.25) is 5.15 Å². The van der Waals surface area contributed by atoms with Crippen molar-refractivity contribution in [1.29, 1.82) is 0 Å². The molecule has 2 rings (SSSR count). The Morgan fingerprint density at radius 1 is 1.53 bits per heavy atom. The normalized spacial score (nSPS) is 15.7. The van der Waals surface area contributed by atoms with Crippen molar-refractivity contribution < 1.29 is 4.74 Å². The molecule has 1 aliphatic rings. The zero-order chi connectivity index (χ0) is 10.8. The zero-order valence-electron chi connectivity index (χ0n) is 9.16. The topological polar surface area (TPSA) is 30.3 Å². The molecule has 4 nitrogen and oxygen atoms in total. The molecule has 0 saturated carbocycles. The van der Waals surface area contributed by atoms with E-state index in [1.54, 1.807) is 0 Å². The average Bonchev–Trinajstić information content (AvgIpc) is 2.54. The van der Waals surface area contributed by atoms with Crippen molar-refractivity contribution in [2.24, 2.45) is 0 Å². The van der Waals surface area contributed by atoms with Gasteiger partial charge < -0.3 is 9.64 Å². The molecule has 0 aliphatic carbocycles. The van der Waals surface area contributed by atoms with Gasteiger partial charge in [0.25, 0.3) is 0 Å². The van der Waals surface area contributed by atoms with Crippen LogP contribution in [0.4, 0.5) is 0 Å². The number of likely N-dealkylation sites (N-methyl/N-ethyl adjacent to an activating group) is 1. The van der Waals surface area contributed by atoms with Crippen LogP contribution in [0.25, 0.3) is 0 Å². The Bertz CT molecular complexity index is 349. The van der Waals surface area contributed by atoms with Crippen LogP contribution in [0.15, 0.2) is 0 Å². The molecule has 0 spiro atoms. The smallest absolute Gasteiger partial charge is 0.132 e. The monoisotopic (exact) mass is 229 g/mol. The van der Waals surface area contributed by atoms with Gasteiger partial charge in [0.2, 0.25) is 0 Å². The summed E-state index contributed by atoms with van der Waals surface area (Å²) < 4.78 is 7.24. The summed E-state index contributed by atoms with van der Waals surface area (Å²) in [6.45, 7) is 3.14. The second kappa shape index (κ2) is 4.51. The van der Waals surface area contributed by atoms with E-state index in [0.29, 0.717) is 6.61 Å². The van der Waals surface area contributed by atoms with E-state index < -0.39 is 0 Å². The first-order valence-electron chi connectivity index (χ1n) is 5.15. The Kier molecular flexibility index (Phi) is 3.29. The molecule has 1 aliphatic heterocycles. The minimum Gasteiger partial charge on any atom is -0.376 e. The van der Waals surface area contributed by atoms with E-state index in [0.717, 1.165) is 42.5 Å². The molecule has 0 fully saturated rings. The maximum atomic E-state index is 6.23. The molecule has 1 aromatic rings. The van der Waals surface area contributed by atoms with Crippen LogP contribution in [0.5, 0.6) is 0 Å². The second-order valence-corrected chi connectivity index (χ2v) is 4.40. The van der Waals surface area contributed by atoms with Gasteiger partial charge in [-0.2, -0.15) is 5.10 Å². The van der Waals surface area contributed by atoms with Crippen LogP contribution in [0, 0.1) is 0 Å². The van der Waals surface area contributed by atoms with Gasteiger partial charge in [0.1, 0.15) is 5.15 Å². The lowest BCUT2D eigenvalue weighted by Crippen LogP contribution is -2.19. The lowest BCUT2D eigenvalue weighted by molar-refractivity contribution is 0.110. The van der Waals surface area contributed by atoms with Crippen molar-refractivity contribution >= 4 is 11.6 Å². The number of aromatic nitrogens is 2. The molecule has 0 saturated heterocycles. The second-order valence-electron chi connectivity index (χ2n) is 4.05. The van der Waals surface area contributed by atoms with Gasteiger partial charge in [-0.25, -0.2) is 0 Å². The molecule has 0 bridgehead atoms. The van der Waals surface area contributed by atoms with E-state index in [2.05, 4.69) is 10.00 Å². The highest BCUT2D eigenvalue weighted by atomic mass is 35.5. The molecule has 0 atom stereocenters. The highest BCUT2D eigenvalue weighted by Gasteiger charge is 2.19. The van der Waals surface area contributed by atoms with Crippen molar-refractivity contribution in [3.8, 4) is 0 Å². The molecule has 0 aromatic carbocycles. The summed E-state index contributed by atoms with van der Waals surface area (Å²) in [7, 11) is 4.08. The molecular formula is C10H16ClN3O. The first-order valence-corrected chi connectivity index (χ1v) is 5.53. The third kappa shape index (κ3) is 2.33. The first-order chi connectivity index (χ1) is 7.18. The van der Waals surface area contributed by atoms with Crippen LogP contribution in [0.1, 0.15) is 11.3 Å².